The van der Waals surface area contributed by atoms with Gasteiger partial charge in [0.2, 0.25) is 0 Å². The third kappa shape index (κ3) is 3.11. The maximum Gasteiger partial charge on any atom is 0.417 e. The van der Waals surface area contributed by atoms with E-state index in [9.17, 15) is 18.0 Å². The van der Waals surface area contributed by atoms with E-state index in [2.05, 4.69) is 0 Å². The van der Waals surface area contributed by atoms with E-state index in [1.54, 1.807) is 6.07 Å². The number of hydrogen-bond donors (Lipinski definition) is 1. The first-order valence-corrected chi connectivity index (χ1v) is 10.3. The number of rotatable bonds is 5. The minimum absolute atomic E-state index is 0.0214. The Bertz CT molecular complexity index is 891. The van der Waals surface area contributed by atoms with Crippen molar-refractivity contribution in [2.45, 2.75) is 71.0 Å². The van der Waals surface area contributed by atoms with Crippen molar-refractivity contribution in [3.8, 4) is 0 Å². The van der Waals surface area contributed by atoms with Gasteiger partial charge in [0.05, 0.1) is 11.1 Å². The molecule has 3 saturated carbocycles. The van der Waals surface area contributed by atoms with E-state index in [0.29, 0.717) is 24.2 Å². The highest BCUT2D eigenvalue weighted by Crippen LogP contribution is 2.53. The van der Waals surface area contributed by atoms with Crippen molar-refractivity contribution in [3.05, 3.63) is 35.0 Å². The van der Waals surface area contributed by atoms with Gasteiger partial charge in [0.1, 0.15) is 0 Å². The molecule has 1 aromatic heterocycles. The Morgan fingerprint density at radius 1 is 1.21 bits per heavy atom. The average molecular weight is 392 g/mol. The third-order valence-corrected chi connectivity index (χ3v) is 6.99. The summed E-state index contributed by atoms with van der Waals surface area (Å²) in [6.07, 6.45) is 3.74. The molecule has 0 radical (unpaired) electrons. The number of primary amides is 1. The summed E-state index contributed by atoms with van der Waals surface area (Å²) in [6.45, 7) is 2.58. The second kappa shape index (κ2) is 6.82. The van der Waals surface area contributed by atoms with Crippen LogP contribution in [0.25, 0.3) is 10.9 Å². The molecule has 1 amide bonds. The molecule has 2 aromatic rings. The van der Waals surface area contributed by atoms with E-state index >= 15 is 0 Å². The lowest BCUT2D eigenvalue weighted by molar-refractivity contribution is -0.136. The predicted molar refractivity (Wildman–Crippen MR) is 103 cm³/mol. The van der Waals surface area contributed by atoms with Crippen molar-refractivity contribution < 1.29 is 18.0 Å². The van der Waals surface area contributed by atoms with Gasteiger partial charge in [-0.05, 0) is 74.8 Å². The molecule has 1 aromatic carbocycles. The summed E-state index contributed by atoms with van der Waals surface area (Å²) in [5.74, 6) is 0.0447. The zero-order valence-electron chi connectivity index (χ0n) is 16.2. The fourth-order valence-electron chi connectivity index (χ4n) is 5.58. The second-order valence-corrected chi connectivity index (χ2v) is 8.69. The smallest absolute Gasteiger partial charge is 0.366 e. The van der Waals surface area contributed by atoms with Crippen molar-refractivity contribution in [3.63, 3.8) is 0 Å². The number of aromatic nitrogens is 1. The van der Waals surface area contributed by atoms with Gasteiger partial charge in [-0.3, -0.25) is 4.79 Å². The molecule has 2 N–H and O–H groups in total. The molecule has 1 heterocycles. The molecule has 0 unspecified atom stereocenters. The van der Waals surface area contributed by atoms with Gasteiger partial charge in [-0.15, -0.1) is 0 Å². The summed E-state index contributed by atoms with van der Waals surface area (Å²) >= 11 is 0. The van der Waals surface area contributed by atoms with Crippen LogP contribution in [-0.4, -0.2) is 10.5 Å². The largest absolute Gasteiger partial charge is 0.417 e. The van der Waals surface area contributed by atoms with Gasteiger partial charge in [0.25, 0.3) is 5.91 Å². The molecule has 3 nitrogen and oxygen atoms in total. The number of hydrogen-bond acceptors (Lipinski definition) is 1. The molecule has 6 heteroatoms. The van der Waals surface area contributed by atoms with Gasteiger partial charge in [-0.25, -0.2) is 0 Å². The SMILES string of the molecule is CCCn1c(CC23CCC(CC2)CC3)c(C(N)=O)c2c(C(F)(F)F)cccc21. The van der Waals surface area contributed by atoms with Crippen molar-refractivity contribution in [1.82, 2.24) is 4.57 Å². The van der Waals surface area contributed by atoms with Gasteiger partial charge in [0.15, 0.2) is 0 Å². The van der Waals surface area contributed by atoms with Gasteiger partial charge in [-0.2, -0.15) is 13.2 Å². The summed E-state index contributed by atoms with van der Waals surface area (Å²) in [5, 5.41) is -0.0214. The first-order chi connectivity index (χ1) is 13.3. The summed E-state index contributed by atoms with van der Waals surface area (Å²) < 4.78 is 43.1. The highest BCUT2D eigenvalue weighted by Gasteiger charge is 2.43. The zero-order valence-corrected chi connectivity index (χ0v) is 16.2. The molecule has 3 aliphatic rings. The van der Waals surface area contributed by atoms with Crippen LogP contribution in [0, 0.1) is 11.3 Å². The molecule has 2 bridgehead atoms. The lowest BCUT2D eigenvalue weighted by Gasteiger charge is -2.47. The van der Waals surface area contributed by atoms with Crippen LogP contribution in [0.1, 0.15) is 73.5 Å². The summed E-state index contributed by atoms with van der Waals surface area (Å²) in [4.78, 5) is 12.4. The van der Waals surface area contributed by atoms with Crippen LogP contribution in [0.5, 0.6) is 0 Å². The molecule has 0 atom stereocenters. The number of benzene rings is 1. The fourth-order valence-corrected chi connectivity index (χ4v) is 5.58. The molecule has 152 valence electrons. The molecule has 3 fully saturated rings. The monoisotopic (exact) mass is 392 g/mol. The number of amides is 1. The molecule has 5 rings (SSSR count). The molecular weight excluding hydrogens is 365 g/mol. The van der Waals surface area contributed by atoms with E-state index in [1.165, 1.54) is 25.3 Å². The molecule has 28 heavy (non-hydrogen) atoms. The number of fused-ring (bicyclic) bond motifs is 4. The van der Waals surface area contributed by atoms with Gasteiger partial charge < -0.3 is 10.3 Å². The Hall–Kier alpha value is -1.98. The molecular formula is C22H27F3N2O. The number of nitrogens with zero attached hydrogens (tertiary/aromatic N) is 1. The van der Waals surface area contributed by atoms with Crippen molar-refractivity contribution in [2.24, 2.45) is 17.1 Å². The Balaban J connectivity index is 1.94. The standard InChI is InChI=1S/C22H27F3N2O/c1-2-12-27-16-5-3-4-15(22(23,24)25)18(16)19(20(26)28)17(27)13-21-9-6-14(7-10-21)8-11-21/h3-5,14H,2,6-13H2,1H3,(H2,26,28). The average Bonchev–Trinajstić information content (AvgIpc) is 2.95. The molecule has 0 aliphatic heterocycles. The summed E-state index contributed by atoms with van der Waals surface area (Å²) in [7, 11) is 0. The van der Waals surface area contributed by atoms with Gasteiger partial charge in [0, 0.05) is 23.1 Å². The fraction of sp³-hybridized carbons (Fsp3) is 0.591. The lowest BCUT2D eigenvalue weighted by Crippen LogP contribution is -2.36. The van der Waals surface area contributed by atoms with Crippen LogP contribution in [0.2, 0.25) is 0 Å². The quantitative estimate of drug-likeness (QED) is 0.699. The topological polar surface area (TPSA) is 48.0 Å². The number of alkyl halides is 3. The van der Waals surface area contributed by atoms with E-state index in [0.717, 1.165) is 37.7 Å². The Morgan fingerprint density at radius 2 is 1.86 bits per heavy atom. The molecule has 3 aliphatic carbocycles. The maximum atomic E-state index is 13.7. The van der Waals surface area contributed by atoms with Crippen molar-refractivity contribution in [2.75, 3.05) is 0 Å². The number of aryl methyl sites for hydroxylation is 1. The Morgan fingerprint density at radius 3 is 2.39 bits per heavy atom. The lowest BCUT2D eigenvalue weighted by atomic mass is 9.59. The van der Waals surface area contributed by atoms with Crippen LogP contribution >= 0.6 is 0 Å². The number of carbonyl (C=O) groups excluding carboxylic acids is 1. The van der Waals surface area contributed by atoms with Crippen molar-refractivity contribution >= 4 is 16.8 Å². The summed E-state index contributed by atoms with van der Waals surface area (Å²) in [5.41, 5.74) is 6.28. The van der Waals surface area contributed by atoms with E-state index in [4.69, 9.17) is 5.73 Å². The predicted octanol–water partition coefficient (Wildman–Crippen LogP) is 5.68. The first kappa shape index (κ1) is 19.3. The highest BCUT2D eigenvalue weighted by atomic mass is 19.4. The number of nitrogens with two attached hydrogens (primary N) is 1. The van der Waals surface area contributed by atoms with Crippen molar-refractivity contribution in [1.29, 1.82) is 0 Å². The van der Waals surface area contributed by atoms with Crippen LogP contribution in [0.15, 0.2) is 18.2 Å². The Labute approximate surface area is 163 Å². The van der Waals surface area contributed by atoms with Crippen LogP contribution < -0.4 is 5.73 Å². The third-order valence-electron chi connectivity index (χ3n) is 6.99. The van der Waals surface area contributed by atoms with Gasteiger partial charge >= 0.3 is 6.18 Å². The minimum Gasteiger partial charge on any atom is -0.366 e. The zero-order chi connectivity index (χ0) is 20.1. The molecule has 0 spiro atoms. The van der Waals surface area contributed by atoms with E-state index in [1.807, 2.05) is 11.5 Å². The normalized spacial score (nSPS) is 24.8. The highest BCUT2D eigenvalue weighted by molar-refractivity contribution is 6.09. The van der Waals surface area contributed by atoms with Crippen LogP contribution in [0.4, 0.5) is 13.2 Å². The van der Waals surface area contributed by atoms with Crippen LogP contribution in [-0.2, 0) is 19.1 Å². The number of carbonyl (C=O) groups is 1. The van der Waals surface area contributed by atoms with E-state index in [-0.39, 0.29) is 16.4 Å². The van der Waals surface area contributed by atoms with Crippen LogP contribution in [0.3, 0.4) is 0 Å². The van der Waals surface area contributed by atoms with Gasteiger partial charge in [-0.1, -0.05) is 13.0 Å². The number of halogens is 3. The maximum absolute atomic E-state index is 13.7. The molecule has 0 saturated heterocycles. The van der Waals surface area contributed by atoms with E-state index < -0.39 is 17.6 Å². The first-order valence-electron chi connectivity index (χ1n) is 10.3. The second-order valence-electron chi connectivity index (χ2n) is 8.69. The Kier molecular flexibility index (Phi) is 4.71. The minimum atomic E-state index is -4.53. The summed E-state index contributed by atoms with van der Waals surface area (Å²) in [6, 6.07) is 4.17.